The molecular formula is C18H26N2. The van der Waals surface area contributed by atoms with E-state index in [0.29, 0.717) is 5.92 Å². The Morgan fingerprint density at radius 3 is 2.50 bits per heavy atom. The highest BCUT2D eigenvalue weighted by molar-refractivity contribution is 5.15. The smallest absolute Gasteiger partial charge is 0.111 e. The first-order valence-electron chi connectivity index (χ1n) is 7.80. The number of hydrogen-bond acceptors (Lipinski definition) is 1. The quantitative estimate of drug-likeness (QED) is 0.719. The van der Waals surface area contributed by atoms with Gasteiger partial charge in [-0.25, -0.2) is 4.98 Å². The third kappa shape index (κ3) is 3.96. The highest BCUT2D eigenvalue weighted by Gasteiger charge is 2.10. The van der Waals surface area contributed by atoms with Crippen molar-refractivity contribution in [2.75, 3.05) is 0 Å². The predicted octanol–water partition coefficient (Wildman–Crippen LogP) is 4.59. The minimum atomic E-state index is 0.504. The zero-order valence-corrected chi connectivity index (χ0v) is 13.0. The first-order valence-corrected chi connectivity index (χ1v) is 7.80. The summed E-state index contributed by atoms with van der Waals surface area (Å²) in [5.74, 6) is 1.74. The standard InChI is InChI=1S/C18H26N2/c1-4-13-20-14-17(19-18(20)15(2)3)12-8-11-16-9-6-5-7-10-16/h5-7,9-10,14-15H,4,8,11-13H2,1-3H3. The van der Waals surface area contributed by atoms with Gasteiger partial charge < -0.3 is 4.57 Å². The van der Waals surface area contributed by atoms with Crippen LogP contribution >= 0.6 is 0 Å². The first-order chi connectivity index (χ1) is 9.70. The third-order valence-electron chi connectivity index (χ3n) is 3.58. The van der Waals surface area contributed by atoms with Gasteiger partial charge >= 0.3 is 0 Å². The van der Waals surface area contributed by atoms with Gasteiger partial charge in [-0.1, -0.05) is 51.1 Å². The molecule has 0 amide bonds. The highest BCUT2D eigenvalue weighted by atomic mass is 15.1. The molecule has 0 saturated heterocycles. The van der Waals surface area contributed by atoms with Crippen molar-refractivity contribution in [2.45, 2.75) is 58.9 Å². The van der Waals surface area contributed by atoms with E-state index in [2.05, 4.69) is 61.9 Å². The molecule has 1 heterocycles. The fourth-order valence-electron chi connectivity index (χ4n) is 2.61. The second-order valence-electron chi connectivity index (χ2n) is 5.78. The molecule has 1 aromatic carbocycles. The summed E-state index contributed by atoms with van der Waals surface area (Å²) < 4.78 is 2.34. The normalized spacial score (nSPS) is 11.2. The number of aromatic nitrogens is 2. The van der Waals surface area contributed by atoms with Crippen molar-refractivity contribution >= 4 is 0 Å². The Bertz CT molecular complexity index is 511. The zero-order chi connectivity index (χ0) is 14.4. The Hall–Kier alpha value is -1.57. The molecule has 2 rings (SSSR count). The van der Waals surface area contributed by atoms with Gasteiger partial charge in [-0.05, 0) is 31.2 Å². The summed E-state index contributed by atoms with van der Waals surface area (Å²) in [5, 5.41) is 0. The Morgan fingerprint density at radius 2 is 1.85 bits per heavy atom. The molecule has 0 spiro atoms. The molecule has 0 aliphatic rings. The van der Waals surface area contributed by atoms with Gasteiger partial charge in [0.1, 0.15) is 5.82 Å². The van der Waals surface area contributed by atoms with Gasteiger partial charge in [0.2, 0.25) is 0 Å². The molecule has 2 heteroatoms. The van der Waals surface area contributed by atoms with E-state index >= 15 is 0 Å². The lowest BCUT2D eigenvalue weighted by molar-refractivity contribution is 0.610. The molecule has 0 fully saturated rings. The maximum absolute atomic E-state index is 4.82. The Balaban J connectivity index is 1.94. The fraction of sp³-hybridized carbons (Fsp3) is 0.500. The summed E-state index contributed by atoms with van der Waals surface area (Å²) >= 11 is 0. The lowest BCUT2D eigenvalue weighted by Crippen LogP contribution is -2.03. The van der Waals surface area contributed by atoms with Gasteiger partial charge in [0.25, 0.3) is 0 Å². The van der Waals surface area contributed by atoms with Gasteiger partial charge in [-0.2, -0.15) is 0 Å². The van der Waals surface area contributed by atoms with Crippen molar-refractivity contribution < 1.29 is 0 Å². The molecule has 0 aliphatic heterocycles. The van der Waals surface area contributed by atoms with Crippen LogP contribution in [-0.2, 0) is 19.4 Å². The van der Waals surface area contributed by atoms with Crippen LogP contribution in [0.5, 0.6) is 0 Å². The molecule has 0 radical (unpaired) electrons. The van der Waals surface area contributed by atoms with Crippen LogP contribution in [0.1, 0.15) is 56.6 Å². The van der Waals surface area contributed by atoms with Crippen LogP contribution in [-0.4, -0.2) is 9.55 Å². The number of rotatable bonds is 7. The molecule has 108 valence electrons. The topological polar surface area (TPSA) is 17.8 Å². The summed E-state index contributed by atoms with van der Waals surface area (Å²) in [7, 11) is 0. The number of hydrogen-bond donors (Lipinski definition) is 0. The third-order valence-corrected chi connectivity index (χ3v) is 3.58. The SMILES string of the molecule is CCCn1cc(CCCc2ccccc2)nc1C(C)C. The van der Waals surface area contributed by atoms with Crippen LogP contribution in [0.4, 0.5) is 0 Å². The van der Waals surface area contributed by atoms with Gasteiger partial charge in [-0.15, -0.1) is 0 Å². The van der Waals surface area contributed by atoms with Gasteiger partial charge in [-0.3, -0.25) is 0 Å². The zero-order valence-electron chi connectivity index (χ0n) is 13.0. The lowest BCUT2D eigenvalue weighted by atomic mass is 10.1. The molecule has 0 saturated carbocycles. The van der Waals surface area contributed by atoms with Gasteiger partial charge in [0.05, 0.1) is 5.69 Å². The maximum atomic E-state index is 4.82. The monoisotopic (exact) mass is 270 g/mol. The molecule has 0 bridgehead atoms. The Kier molecular flexibility index (Phi) is 5.40. The predicted molar refractivity (Wildman–Crippen MR) is 85.1 cm³/mol. The molecular weight excluding hydrogens is 244 g/mol. The van der Waals surface area contributed by atoms with Gasteiger partial charge in [0, 0.05) is 18.7 Å². The van der Waals surface area contributed by atoms with Crippen LogP contribution in [0.3, 0.4) is 0 Å². The first kappa shape index (κ1) is 14.8. The highest BCUT2D eigenvalue weighted by Crippen LogP contribution is 2.16. The Morgan fingerprint density at radius 1 is 1.10 bits per heavy atom. The van der Waals surface area contributed by atoms with E-state index in [1.165, 1.54) is 29.9 Å². The van der Waals surface area contributed by atoms with Crippen LogP contribution in [0.2, 0.25) is 0 Å². The van der Waals surface area contributed by atoms with E-state index in [4.69, 9.17) is 4.98 Å². The van der Waals surface area contributed by atoms with Crippen LogP contribution in [0.25, 0.3) is 0 Å². The van der Waals surface area contributed by atoms with Crippen molar-refractivity contribution in [3.8, 4) is 0 Å². The molecule has 0 atom stereocenters. The molecule has 0 N–H and O–H groups in total. The van der Waals surface area contributed by atoms with E-state index in [0.717, 1.165) is 19.4 Å². The van der Waals surface area contributed by atoms with Crippen molar-refractivity contribution in [3.63, 3.8) is 0 Å². The number of aryl methyl sites for hydroxylation is 3. The molecule has 0 aliphatic carbocycles. The summed E-state index contributed by atoms with van der Waals surface area (Å²) in [4.78, 5) is 4.82. The van der Waals surface area contributed by atoms with Crippen molar-refractivity contribution in [3.05, 3.63) is 53.6 Å². The Labute approximate surface area is 122 Å². The number of nitrogens with zero attached hydrogens (tertiary/aromatic N) is 2. The molecule has 20 heavy (non-hydrogen) atoms. The average molecular weight is 270 g/mol. The van der Waals surface area contributed by atoms with E-state index in [9.17, 15) is 0 Å². The molecule has 2 aromatic rings. The molecule has 0 unspecified atom stereocenters. The minimum Gasteiger partial charge on any atom is -0.334 e. The van der Waals surface area contributed by atoms with Crippen molar-refractivity contribution in [1.29, 1.82) is 0 Å². The summed E-state index contributed by atoms with van der Waals surface area (Å²) in [6.07, 6.45) is 6.80. The summed E-state index contributed by atoms with van der Waals surface area (Å²) in [6, 6.07) is 10.7. The van der Waals surface area contributed by atoms with E-state index in [1.807, 2.05) is 0 Å². The van der Waals surface area contributed by atoms with E-state index < -0.39 is 0 Å². The van der Waals surface area contributed by atoms with E-state index in [-0.39, 0.29) is 0 Å². The number of benzene rings is 1. The second-order valence-corrected chi connectivity index (χ2v) is 5.78. The summed E-state index contributed by atoms with van der Waals surface area (Å²) in [5.41, 5.74) is 2.67. The minimum absolute atomic E-state index is 0.504. The maximum Gasteiger partial charge on any atom is 0.111 e. The van der Waals surface area contributed by atoms with Crippen LogP contribution in [0.15, 0.2) is 36.5 Å². The van der Waals surface area contributed by atoms with Crippen LogP contribution in [0, 0.1) is 0 Å². The van der Waals surface area contributed by atoms with E-state index in [1.54, 1.807) is 0 Å². The number of imidazole rings is 1. The molecule has 2 nitrogen and oxygen atoms in total. The van der Waals surface area contributed by atoms with Crippen molar-refractivity contribution in [1.82, 2.24) is 9.55 Å². The lowest BCUT2D eigenvalue weighted by Gasteiger charge is -2.07. The average Bonchev–Trinajstić information content (AvgIpc) is 2.84. The van der Waals surface area contributed by atoms with Crippen molar-refractivity contribution in [2.24, 2.45) is 0 Å². The van der Waals surface area contributed by atoms with Gasteiger partial charge in [0.15, 0.2) is 0 Å². The largest absolute Gasteiger partial charge is 0.334 e. The summed E-state index contributed by atoms with van der Waals surface area (Å²) in [6.45, 7) is 7.75. The second kappa shape index (κ2) is 7.28. The van der Waals surface area contributed by atoms with Crippen LogP contribution < -0.4 is 0 Å². The molecule has 1 aromatic heterocycles. The fourth-order valence-corrected chi connectivity index (χ4v) is 2.61.